The number of fused-ring (bicyclic) bond motifs is 1. The number of carbonyl (C=O) groups excluding carboxylic acids is 1. The first-order valence-electron chi connectivity index (χ1n) is 7.73. The molecule has 3 rings (SSSR count). The van der Waals surface area contributed by atoms with E-state index in [9.17, 15) is 13.2 Å². The highest BCUT2D eigenvalue weighted by Gasteiger charge is 2.35. The van der Waals surface area contributed by atoms with Crippen molar-refractivity contribution in [1.29, 1.82) is 0 Å². The Labute approximate surface area is 135 Å². The van der Waals surface area contributed by atoms with Gasteiger partial charge in [0.25, 0.3) is 0 Å². The number of rotatable bonds is 7. The van der Waals surface area contributed by atoms with Gasteiger partial charge in [0.05, 0.1) is 18.3 Å². The molecule has 0 spiro atoms. The van der Waals surface area contributed by atoms with Gasteiger partial charge in [0.15, 0.2) is 0 Å². The van der Waals surface area contributed by atoms with Crippen LogP contribution >= 0.6 is 0 Å². The number of nitrogens with one attached hydrogen (secondary N) is 2. The predicted octanol–water partition coefficient (Wildman–Crippen LogP) is 1.94. The van der Waals surface area contributed by atoms with Crippen LogP contribution in [0.25, 0.3) is 11.0 Å². The van der Waals surface area contributed by atoms with E-state index in [1.54, 1.807) is 0 Å². The van der Waals surface area contributed by atoms with Gasteiger partial charge in [0, 0.05) is 5.39 Å². The number of benzene rings is 1. The van der Waals surface area contributed by atoms with Gasteiger partial charge >= 0.3 is 0 Å². The van der Waals surface area contributed by atoms with Crippen LogP contribution in [0.3, 0.4) is 0 Å². The topological polar surface area (TPSA) is 88.4 Å². The molecule has 2 N–H and O–H groups in total. The van der Waals surface area contributed by atoms with Crippen LogP contribution in [-0.4, -0.2) is 26.6 Å². The second-order valence-corrected chi connectivity index (χ2v) is 7.89. The summed E-state index contributed by atoms with van der Waals surface area (Å²) >= 11 is 0. The third-order valence-electron chi connectivity index (χ3n) is 3.99. The zero-order valence-electron chi connectivity index (χ0n) is 12.9. The minimum absolute atomic E-state index is 0.0457. The van der Waals surface area contributed by atoms with Crippen molar-refractivity contribution in [1.82, 2.24) is 10.0 Å². The first kappa shape index (κ1) is 16.0. The summed E-state index contributed by atoms with van der Waals surface area (Å²) < 4.78 is 31.0. The minimum Gasteiger partial charge on any atom is -0.459 e. The average molecular weight is 336 g/mol. The molecule has 1 aliphatic carbocycles. The van der Waals surface area contributed by atoms with Crippen molar-refractivity contribution in [2.45, 2.75) is 25.8 Å². The van der Waals surface area contributed by atoms with E-state index in [1.165, 1.54) is 6.92 Å². The molecular formula is C16H20N2O4S. The molecule has 1 saturated carbocycles. The van der Waals surface area contributed by atoms with Gasteiger partial charge < -0.3 is 9.73 Å². The molecule has 1 aromatic carbocycles. The van der Waals surface area contributed by atoms with Crippen molar-refractivity contribution in [2.75, 3.05) is 12.3 Å². The van der Waals surface area contributed by atoms with E-state index in [-0.39, 0.29) is 24.2 Å². The standard InChI is InChI=1S/C16H20N2O4S/c1-2-23(20,21)17-10-15(19)18-16(11-7-8-11)14-9-12-5-3-4-6-13(12)22-14/h3-6,9,11,16-17H,2,7-8,10H2,1H3,(H,18,19). The zero-order valence-corrected chi connectivity index (χ0v) is 13.7. The quantitative estimate of drug-likeness (QED) is 0.809. The first-order chi connectivity index (χ1) is 11.0. The highest BCUT2D eigenvalue weighted by molar-refractivity contribution is 7.89. The number of sulfonamides is 1. The lowest BCUT2D eigenvalue weighted by atomic mass is 10.1. The van der Waals surface area contributed by atoms with Gasteiger partial charge in [0.1, 0.15) is 11.3 Å². The van der Waals surface area contributed by atoms with Crippen molar-refractivity contribution in [3.63, 3.8) is 0 Å². The summed E-state index contributed by atoms with van der Waals surface area (Å²) in [5, 5.41) is 3.89. The van der Waals surface area contributed by atoms with E-state index < -0.39 is 10.0 Å². The molecular weight excluding hydrogens is 316 g/mol. The Balaban J connectivity index is 1.71. The Morgan fingerprint density at radius 2 is 2.09 bits per heavy atom. The maximum Gasteiger partial charge on any atom is 0.235 e. The van der Waals surface area contributed by atoms with Crippen LogP contribution in [-0.2, 0) is 14.8 Å². The van der Waals surface area contributed by atoms with Gasteiger partial charge in [-0.25, -0.2) is 13.1 Å². The Morgan fingerprint density at radius 1 is 1.35 bits per heavy atom. The maximum atomic E-state index is 12.1. The summed E-state index contributed by atoms with van der Waals surface area (Å²) in [6.45, 7) is 1.28. The number of carbonyl (C=O) groups is 1. The van der Waals surface area contributed by atoms with Crippen LogP contribution in [0.15, 0.2) is 34.7 Å². The molecule has 1 aromatic heterocycles. The second-order valence-electron chi connectivity index (χ2n) is 5.79. The summed E-state index contributed by atoms with van der Waals surface area (Å²) in [7, 11) is -3.37. The van der Waals surface area contributed by atoms with Crippen LogP contribution in [0.4, 0.5) is 0 Å². The Morgan fingerprint density at radius 3 is 2.74 bits per heavy atom. The lowest BCUT2D eigenvalue weighted by Gasteiger charge is -2.16. The minimum atomic E-state index is -3.37. The van der Waals surface area contributed by atoms with Gasteiger partial charge in [0.2, 0.25) is 15.9 Å². The molecule has 124 valence electrons. The lowest BCUT2D eigenvalue weighted by Crippen LogP contribution is -2.39. The Bertz CT molecular complexity index is 775. The van der Waals surface area contributed by atoms with Gasteiger partial charge in [-0.1, -0.05) is 18.2 Å². The van der Waals surface area contributed by atoms with Crippen LogP contribution in [0.1, 0.15) is 31.6 Å². The molecule has 1 atom stereocenters. The lowest BCUT2D eigenvalue weighted by molar-refractivity contribution is -0.121. The van der Waals surface area contributed by atoms with Crippen molar-refractivity contribution in [3.8, 4) is 0 Å². The van der Waals surface area contributed by atoms with Crippen LogP contribution in [0, 0.1) is 5.92 Å². The summed E-state index contributed by atoms with van der Waals surface area (Å²) in [6, 6.07) is 9.42. The smallest absolute Gasteiger partial charge is 0.235 e. The van der Waals surface area contributed by atoms with Crippen molar-refractivity contribution in [2.24, 2.45) is 5.92 Å². The molecule has 2 aromatic rings. The largest absolute Gasteiger partial charge is 0.459 e. The fourth-order valence-electron chi connectivity index (χ4n) is 2.51. The molecule has 0 bridgehead atoms. The number of furan rings is 1. The monoisotopic (exact) mass is 336 g/mol. The van der Waals surface area contributed by atoms with Crippen LogP contribution < -0.4 is 10.0 Å². The normalized spacial score (nSPS) is 16.4. The van der Waals surface area contributed by atoms with E-state index in [2.05, 4.69) is 10.0 Å². The predicted molar refractivity (Wildman–Crippen MR) is 87.3 cm³/mol. The Kier molecular flexibility index (Phi) is 4.41. The first-order valence-corrected chi connectivity index (χ1v) is 9.39. The average Bonchev–Trinajstić information content (AvgIpc) is 3.28. The van der Waals surface area contributed by atoms with Crippen molar-refractivity contribution < 1.29 is 17.6 Å². The summed E-state index contributed by atoms with van der Waals surface area (Å²) in [5.41, 5.74) is 0.786. The second kappa shape index (κ2) is 6.33. The van der Waals surface area contributed by atoms with E-state index in [4.69, 9.17) is 4.42 Å². The van der Waals surface area contributed by atoms with E-state index >= 15 is 0 Å². The van der Waals surface area contributed by atoms with Crippen molar-refractivity contribution in [3.05, 3.63) is 36.1 Å². The maximum absolute atomic E-state index is 12.1. The van der Waals surface area contributed by atoms with E-state index in [1.807, 2.05) is 30.3 Å². The highest BCUT2D eigenvalue weighted by atomic mass is 32.2. The molecule has 1 unspecified atom stereocenters. The molecule has 1 aliphatic rings. The number of hydrogen-bond acceptors (Lipinski definition) is 4. The molecule has 0 aliphatic heterocycles. The molecule has 1 heterocycles. The molecule has 1 amide bonds. The zero-order chi connectivity index (χ0) is 16.4. The van der Waals surface area contributed by atoms with Crippen molar-refractivity contribution >= 4 is 26.9 Å². The third-order valence-corrected chi connectivity index (χ3v) is 5.34. The molecule has 1 fully saturated rings. The highest BCUT2D eigenvalue weighted by Crippen LogP contribution is 2.42. The molecule has 7 heteroatoms. The van der Waals surface area contributed by atoms with Gasteiger partial charge in [-0.2, -0.15) is 0 Å². The summed E-state index contributed by atoms with van der Waals surface area (Å²) in [5.74, 6) is 0.678. The molecule has 0 radical (unpaired) electrons. The fourth-order valence-corrected chi connectivity index (χ4v) is 3.06. The summed E-state index contributed by atoms with van der Waals surface area (Å²) in [4.78, 5) is 12.1. The van der Waals surface area contributed by atoms with Crippen LogP contribution in [0.5, 0.6) is 0 Å². The SMILES string of the molecule is CCS(=O)(=O)NCC(=O)NC(c1cc2ccccc2o1)C1CC1. The van der Waals surface area contributed by atoms with Crippen LogP contribution in [0.2, 0.25) is 0 Å². The number of para-hydroxylation sites is 1. The van der Waals surface area contributed by atoms with Gasteiger partial charge in [-0.3, -0.25) is 4.79 Å². The summed E-state index contributed by atoms with van der Waals surface area (Å²) in [6.07, 6.45) is 2.06. The van der Waals surface area contributed by atoms with Gasteiger partial charge in [-0.15, -0.1) is 0 Å². The molecule has 0 saturated heterocycles. The Hall–Kier alpha value is -1.86. The molecule has 6 nitrogen and oxygen atoms in total. The fraction of sp³-hybridized carbons (Fsp3) is 0.438. The van der Waals surface area contributed by atoms with E-state index in [0.717, 1.165) is 29.6 Å². The van der Waals surface area contributed by atoms with Gasteiger partial charge in [-0.05, 0) is 37.8 Å². The van der Waals surface area contributed by atoms with E-state index in [0.29, 0.717) is 5.92 Å². The number of hydrogen-bond donors (Lipinski definition) is 2. The number of amides is 1. The third kappa shape index (κ3) is 3.92. The molecule has 23 heavy (non-hydrogen) atoms.